The summed E-state index contributed by atoms with van der Waals surface area (Å²) in [5.74, 6) is -0.0463. The quantitative estimate of drug-likeness (QED) is 0.539. The molecule has 1 aromatic carbocycles. The number of hydrogen-bond acceptors (Lipinski definition) is 1. The van der Waals surface area contributed by atoms with Gasteiger partial charge in [0.25, 0.3) is 0 Å². The lowest BCUT2D eigenvalue weighted by atomic mass is 10.1. The first-order valence-electron chi connectivity index (χ1n) is 3.69. The Hall–Kier alpha value is -1.11. The van der Waals surface area contributed by atoms with Crippen molar-refractivity contribution in [1.29, 1.82) is 0 Å². The first-order chi connectivity index (χ1) is 5.11. The minimum Gasteiger partial charge on any atom is -0.295 e. The molecular weight excluding hydrogens is 124 g/mol. The Morgan fingerprint density at radius 3 is 2.70 bits per heavy atom. The van der Waals surface area contributed by atoms with E-state index >= 15 is 0 Å². The van der Waals surface area contributed by atoms with Crippen LogP contribution in [0.2, 0.25) is 0 Å². The van der Waals surface area contributed by atoms with Crippen LogP contribution in [0, 0.1) is 6.92 Å². The van der Waals surface area contributed by atoms with Crippen molar-refractivity contribution in [2.45, 2.75) is 13.8 Å². The lowest BCUT2D eigenvalue weighted by molar-refractivity contribution is 0.101. The van der Waals surface area contributed by atoms with Gasteiger partial charge < -0.3 is 0 Å². The van der Waals surface area contributed by atoms with E-state index < -0.39 is 0 Å². The summed E-state index contributed by atoms with van der Waals surface area (Å²) in [5, 5.41) is 0. The summed E-state index contributed by atoms with van der Waals surface area (Å²) in [6, 6.07) is 5.54. The predicted octanol–water partition coefficient (Wildman–Crippen LogP) is 2.20. The summed E-state index contributed by atoms with van der Waals surface area (Å²) in [6.07, 6.45) is 0. The highest BCUT2D eigenvalue weighted by Gasteiger charge is 1.95. The largest absolute Gasteiger partial charge is 0.295 e. The van der Waals surface area contributed by atoms with E-state index in [2.05, 4.69) is 0 Å². The van der Waals surface area contributed by atoms with Crippen LogP contribution in [0.4, 0.5) is 0 Å². The Labute approximate surface area is 62.1 Å². The van der Waals surface area contributed by atoms with Crippen LogP contribution in [-0.4, -0.2) is 5.78 Å². The van der Waals surface area contributed by atoms with Gasteiger partial charge in [0.1, 0.15) is 0 Å². The van der Waals surface area contributed by atoms with Crippen molar-refractivity contribution < 1.29 is 6.17 Å². The zero-order valence-corrected chi connectivity index (χ0v) is 6.14. The molecule has 0 aliphatic rings. The summed E-state index contributed by atoms with van der Waals surface area (Å²) < 4.78 is 7.42. The van der Waals surface area contributed by atoms with Gasteiger partial charge in [-0.2, -0.15) is 0 Å². The predicted molar refractivity (Wildman–Crippen MR) is 41.2 cm³/mol. The van der Waals surface area contributed by atoms with Crippen molar-refractivity contribution in [2.75, 3.05) is 0 Å². The molecule has 0 aliphatic heterocycles. The van der Waals surface area contributed by atoms with E-state index in [4.69, 9.17) is 1.37 Å². The molecule has 0 aliphatic carbocycles. The Morgan fingerprint density at radius 2 is 2.20 bits per heavy atom. The van der Waals surface area contributed by atoms with Crippen LogP contribution < -0.4 is 0 Å². The molecule has 0 atom stereocenters. The van der Waals surface area contributed by atoms with Gasteiger partial charge in [-0.15, -0.1) is 0 Å². The van der Waals surface area contributed by atoms with Crippen LogP contribution in [0.15, 0.2) is 24.2 Å². The highest BCUT2D eigenvalue weighted by Crippen LogP contribution is 2.02. The normalized spacial score (nSPS) is 10.8. The van der Waals surface area contributed by atoms with Gasteiger partial charge in [-0.3, -0.25) is 4.79 Å². The summed E-state index contributed by atoms with van der Waals surface area (Å²) >= 11 is 0. The zero-order valence-electron chi connectivity index (χ0n) is 7.14. The number of carbonyl (C=O) groups excluding carboxylic acids is 1. The van der Waals surface area contributed by atoms with Gasteiger partial charge in [0.15, 0.2) is 5.78 Å². The molecule has 0 saturated carbocycles. The molecule has 0 amide bonds. The molecule has 0 aromatic heterocycles. The van der Waals surface area contributed by atoms with Gasteiger partial charge in [0.05, 0.1) is 1.37 Å². The number of hydrogen-bond donors (Lipinski definition) is 0. The Morgan fingerprint density at radius 1 is 1.50 bits per heavy atom. The SMILES string of the molecule is [2H]c1cc(C)ccc1C(C)=O. The molecule has 0 bridgehead atoms. The van der Waals surface area contributed by atoms with Gasteiger partial charge in [-0.25, -0.2) is 0 Å². The first kappa shape index (κ1) is 5.66. The van der Waals surface area contributed by atoms with E-state index in [1.54, 1.807) is 12.1 Å². The molecule has 1 rings (SSSR count). The molecule has 0 heterocycles. The van der Waals surface area contributed by atoms with Crippen LogP contribution in [0.1, 0.15) is 24.2 Å². The number of aryl methyl sites for hydroxylation is 1. The van der Waals surface area contributed by atoms with Gasteiger partial charge in [-0.1, -0.05) is 29.8 Å². The van der Waals surface area contributed by atoms with Crippen molar-refractivity contribution in [1.82, 2.24) is 0 Å². The molecule has 1 aromatic rings. The van der Waals surface area contributed by atoms with Gasteiger partial charge in [0.2, 0.25) is 0 Å². The van der Waals surface area contributed by atoms with E-state index in [0.29, 0.717) is 11.6 Å². The monoisotopic (exact) mass is 135 g/mol. The molecule has 0 N–H and O–H groups in total. The number of benzene rings is 1. The molecule has 10 heavy (non-hydrogen) atoms. The summed E-state index contributed by atoms with van der Waals surface area (Å²) in [4.78, 5) is 10.9. The molecule has 0 radical (unpaired) electrons. The average molecular weight is 135 g/mol. The topological polar surface area (TPSA) is 17.1 Å². The Bertz CT molecular complexity index is 292. The Balaban J connectivity index is 3.20. The van der Waals surface area contributed by atoms with Crippen LogP contribution in [-0.2, 0) is 0 Å². The van der Waals surface area contributed by atoms with E-state index in [1.165, 1.54) is 6.92 Å². The highest BCUT2D eigenvalue weighted by atomic mass is 16.1. The van der Waals surface area contributed by atoms with E-state index in [0.717, 1.165) is 5.56 Å². The molecule has 0 spiro atoms. The van der Waals surface area contributed by atoms with Crippen molar-refractivity contribution in [3.05, 3.63) is 35.4 Å². The molecule has 1 nitrogen and oxygen atoms in total. The van der Waals surface area contributed by atoms with E-state index in [-0.39, 0.29) is 5.78 Å². The van der Waals surface area contributed by atoms with Crippen molar-refractivity contribution in [2.24, 2.45) is 0 Å². The molecule has 0 fully saturated rings. The van der Waals surface area contributed by atoms with E-state index in [9.17, 15) is 4.79 Å². The molecule has 52 valence electrons. The minimum atomic E-state index is -0.0463. The zero-order chi connectivity index (χ0) is 8.43. The first-order valence-corrected chi connectivity index (χ1v) is 3.19. The number of ketones is 1. The van der Waals surface area contributed by atoms with Crippen molar-refractivity contribution in [3.8, 4) is 0 Å². The van der Waals surface area contributed by atoms with Crippen LogP contribution in [0.3, 0.4) is 0 Å². The fraction of sp³-hybridized carbons (Fsp3) is 0.222. The van der Waals surface area contributed by atoms with Gasteiger partial charge >= 0.3 is 0 Å². The van der Waals surface area contributed by atoms with Gasteiger partial charge in [0, 0.05) is 5.56 Å². The fourth-order valence-corrected chi connectivity index (χ4v) is 0.722. The standard InChI is InChI=1S/C9H10O/c1-7-3-5-9(6-4-7)8(2)10/h3-6H,1-2H3/i5D. The lowest BCUT2D eigenvalue weighted by Crippen LogP contribution is -1.90. The smallest absolute Gasteiger partial charge is 0.159 e. The van der Waals surface area contributed by atoms with Crippen LogP contribution >= 0.6 is 0 Å². The Kier molecular flexibility index (Phi) is 1.50. The number of Topliss-reactive ketones (excluding diaryl/α,β-unsaturated/α-hetero) is 1. The highest BCUT2D eigenvalue weighted by molar-refractivity contribution is 5.93. The van der Waals surface area contributed by atoms with Crippen LogP contribution in [0.25, 0.3) is 0 Å². The third-order valence-corrected chi connectivity index (χ3v) is 1.35. The van der Waals surface area contributed by atoms with E-state index in [1.807, 2.05) is 13.0 Å². The molecule has 0 saturated heterocycles. The maximum absolute atomic E-state index is 10.9. The maximum atomic E-state index is 10.9. The molecular formula is C9H10O. The van der Waals surface area contributed by atoms with Crippen molar-refractivity contribution >= 4 is 5.78 Å². The van der Waals surface area contributed by atoms with Crippen molar-refractivity contribution in [3.63, 3.8) is 0 Å². The second kappa shape index (κ2) is 2.65. The number of carbonyl (C=O) groups is 1. The third kappa shape index (κ3) is 1.44. The second-order valence-electron chi connectivity index (χ2n) is 2.34. The third-order valence-electron chi connectivity index (χ3n) is 1.35. The van der Waals surface area contributed by atoms with Gasteiger partial charge in [-0.05, 0) is 13.8 Å². The summed E-state index contributed by atoms with van der Waals surface area (Å²) in [6.45, 7) is 3.38. The fourth-order valence-electron chi connectivity index (χ4n) is 0.722. The summed E-state index contributed by atoms with van der Waals surface area (Å²) in [7, 11) is 0. The average Bonchev–Trinajstić information content (AvgIpc) is 1.85. The maximum Gasteiger partial charge on any atom is 0.159 e. The van der Waals surface area contributed by atoms with Crippen LogP contribution in [0.5, 0.6) is 0 Å². The second-order valence-corrected chi connectivity index (χ2v) is 2.34. The summed E-state index contributed by atoms with van der Waals surface area (Å²) in [5.41, 5.74) is 1.51. The molecule has 1 heteroatoms. The number of rotatable bonds is 1. The lowest BCUT2D eigenvalue weighted by Gasteiger charge is -1.93. The molecule has 0 unspecified atom stereocenters. The minimum absolute atomic E-state index is 0.0463.